The molecule has 0 radical (unpaired) electrons. The van der Waals surface area contributed by atoms with Crippen molar-refractivity contribution >= 4 is 17.3 Å². The molecule has 0 unspecified atom stereocenters. The van der Waals surface area contributed by atoms with Crippen LogP contribution < -0.4 is 0 Å². The van der Waals surface area contributed by atoms with E-state index in [0.717, 1.165) is 6.20 Å². The fraction of sp³-hybridized carbons (Fsp3) is 0.143. The standard InChI is InChI=1S/C7H4ClN3O2/c8-6-3-10-4-7(11(12)13)5(6)1-2-9/h3-4H,1H2. The smallest absolute Gasteiger partial charge is 0.258 e. The van der Waals surface area contributed by atoms with Gasteiger partial charge in [-0.2, -0.15) is 5.26 Å². The molecule has 1 aromatic heterocycles. The van der Waals surface area contributed by atoms with Crippen molar-refractivity contribution in [3.63, 3.8) is 0 Å². The Morgan fingerprint density at radius 1 is 1.69 bits per heavy atom. The molecule has 0 fully saturated rings. The summed E-state index contributed by atoms with van der Waals surface area (Å²) < 4.78 is 0. The number of hydrogen-bond acceptors (Lipinski definition) is 4. The molecule has 6 heteroatoms. The van der Waals surface area contributed by atoms with E-state index in [-0.39, 0.29) is 22.7 Å². The molecule has 5 nitrogen and oxygen atoms in total. The molecule has 0 amide bonds. The number of pyridine rings is 1. The highest BCUT2D eigenvalue weighted by molar-refractivity contribution is 6.31. The third kappa shape index (κ3) is 1.92. The number of halogens is 1. The van der Waals surface area contributed by atoms with Gasteiger partial charge in [0.1, 0.15) is 6.20 Å². The minimum atomic E-state index is -0.606. The Morgan fingerprint density at radius 3 is 2.92 bits per heavy atom. The molecule has 66 valence electrons. The van der Waals surface area contributed by atoms with Gasteiger partial charge in [0, 0.05) is 6.20 Å². The van der Waals surface area contributed by atoms with Crippen molar-refractivity contribution in [2.45, 2.75) is 6.42 Å². The first kappa shape index (κ1) is 9.42. The quantitative estimate of drug-likeness (QED) is 0.534. The maximum absolute atomic E-state index is 10.4. The summed E-state index contributed by atoms with van der Waals surface area (Å²) in [4.78, 5) is 13.4. The molecular weight excluding hydrogens is 194 g/mol. The van der Waals surface area contributed by atoms with E-state index in [1.165, 1.54) is 6.20 Å². The second kappa shape index (κ2) is 3.83. The van der Waals surface area contributed by atoms with E-state index in [2.05, 4.69) is 4.98 Å². The number of nitriles is 1. The molecule has 0 spiro atoms. The normalized spacial score (nSPS) is 9.23. The van der Waals surface area contributed by atoms with E-state index in [1.54, 1.807) is 6.07 Å². The molecule has 0 aromatic carbocycles. The first-order valence-corrected chi connectivity index (χ1v) is 3.68. The van der Waals surface area contributed by atoms with Gasteiger partial charge in [0.25, 0.3) is 5.69 Å². The Balaban J connectivity index is 3.27. The van der Waals surface area contributed by atoms with Gasteiger partial charge in [0.05, 0.1) is 28.0 Å². The summed E-state index contributed by atoms with van der Waals surface area (Å²) in [5.41, 5.74) is -0.00165. The van der Waals surface area contributed by atoms with Crippen molar-refractivity contribution in [1.29, 1.82) is 5.26 Å². The summed E-state index contributed by atoms with van der Waals surface area (Å²) in [5, 5.41) is 19.0. The largest absolute Gasteiger partial charge is 0.293 e. The number of hydrogen-bond donors (Lipinski definition) is 0. The SMILES string of the molecule is N#CCc1c(Cl)cncc1[N+](=O)[O-]. The molecule has 0 bridgehead atoms. The third-order valence-corrected chi connectivity index (χ3v) is 1.76. The lowest BCUT2D eigenvalue weighted by molar-refractivity contribution is -0.385. The first-order chi connectivity index (χ1) is 6.16. The van der Waals surface area contributed by atoms with E-state index in [1.807, 2.05) is 0 Å². The zero-order chi connectivity index (χ0) is 9.84. The minimum Gasteiger partial charge on any atom is -0.258 e. The Hall–Kier alpha value is -1.67. The van der Waals surface area contributed by atoms with E-state index in [9.17, 15) is 10.1 Å². The van der Waals surface area contributed by atoms with Crippen LogP contribution in [-0.4, -0.2) is 9.91 Å². The van der Waals surface area contributed by atoms with Crippen molar-refractivity contribution in [3.05, 3.63) is 33.1 Å². The van der Waals surface area contributed by atoms with E-state index in [0.29, 0.717) is 0 Å². The highest BCUT2D eigenvalue weighted by Crippen LogP contribution is 2.24. The Labute approximate surface area is 78.7 Å². The molecule has 1 aromatic rings. The second-order valence-corrected chi connectivity index (χ2v) is 2.62. The van der Waals surface area contributed by atoms with Gasteiger partial charge in [-0.15, -0.1) is 0 Å². The summed E-state index contributed by atoms with van der Waals surface area (Å²) >= 11 is 5.63. The molecule has 0 atom stereocenters. The Morgan fingerprint density at radius 2 is 2.38 bits per heavy atom. The second-order valence-electron chi connectivity index (χ2n) is 2.21. The lowest BCUT2D eigenvalue weighted by atomic mass is 10.2. The average Bonchev–Trinajstić information content (AvgIpc) is 2.08. The first-order valence-electron chi connectivity index (χ1n) is 3.30. The Kier molecular flexibility index (Phi) is 2.77. The van der Waals surface area contributed by atoms with Gasteiger partial charge in [-0.3, -0.25) is 15.1 Å². The van der Waals surface area contributed by atoms with Gasteiger partial charge in [0.15, 0.2) is 0 Å². The van der Waals surface area contributed by atoms with Crippen LogP contribution in [0.25, 0.3) is 0 Å². The highest BCUT2D eigenvalue weighted by Gasteiger charge is 2.16. The highest BCUT2D eigenvalue weighted by atomic mass is 35.5. The lowest BCUT2D eigenvalue weighted by Crippen LogP contribution is -1.96. The zero-order valence-corrected chi connectivity index (χ0v) is 7.15. The van der Waals surface area contributed by atoms with E-state index < -0.39 is 4.92 Å². The van der Waals surface area contributed by atoms with Crippen LogP contribution in [0, 0.1) is 21.4 Å². The summed E-state index contributed by atoms with van der Waals surface area (Å²) in [6.07, 6.45) is 2.28. The van der Waals surface area contributed by atoms with Crippen molar-refractivity contribution < 1.29 is 4.92 Å². The summed E-state index contributed by atoms with van der Waals surface area (Å²) in [7, 11) is 0. The predicted molar refractivity (Wildman–Crippen MR) is 45.2 cm³/mol. The zero-order valence-electron chi connectivity index (χ0n) is 6.40. The van der Waals surface area contributed by atoms with Gasteiger partial charge >= 0.3 is 0 Å². The van der Waals surface area contributed by atoms with Gasteiger partial charge in [-0.1, -0.05) is 11.6 Å². The van der Waals surface area contributed by atoms with Crippen LogP contribution in [0.2, 0.25) is 5.02 Å². The molecule has 0 saturated heterocycles. The minimum absolute atomic E-state index is 0.0856. The average molecular weight is 198 g/mol. The molecule has 1 rings (SSSR count). The number of nitro groups is 1. The summed E-state index contributed by atoms with van der Waals surface area (Å²) in [5.74, 6) is 0. The van der Waals surface area contributed by atoms with Gasteiger partial charge < -0.3 is 0 Å². The molecule has 0 aliphatic carbocycles. The van der Waals surface area contributed by atoms with Crippen LogP contribution in [-0.2, 0) is 6.42 Å². The van der Waals surface area contributed by atoms with Crippen LogP contribution in [0.4, 0.5) is 5.69 Å². The van der Waals surface area contributed by atoms with Crippen LogP contribution in [0.3, 0.4) is 0 Å². The molecule has 0 aliphatic rings. The molecule has 13 heavy (non-hydrogen) atoms. The van der Waals surface area contributed by atoms with Crippen LogP contribution in [0.15, 0.2) is 12.4 Å². The fourth-order valence-electron chi connectivity index (χ4n) is 0.863. The molecule has 0 saturated carbocycles. The van der Waals surface area contributed by atoms with Crippen molar-refractivity contribution in [2.24, 2.45) is 0 Å². The van der Waals surface area contributed by atoms with Gasteiger partial charge in [-0.05, 0) is 0 Å². The third-order valence-electron chi connectivity index (χ3n) is 1.43. The lowest BCUT2D eigenvalue weighted by Gasteiger charge is -1.98. The molecule has 0 N–H and O–H groups in total. The van der Waals surface area contributed by atoms with Gasteiger partial charge in [-0.25, -0.2) is 0 Å². The summed E-state index contributed by atoms with van der Waals surface area (Å²) in [6.45, 7) is 0. The molecule has 0 aliphatic heterocycles. The van der Waals surface area contributed by atoms with Crippen molar-refractivity contribution in [3.8, 4) is 6.07 Å². The van der Waals surface area contributed by atoms with Crippen LogP contribution in [0.5, 0.6) is 0 Å². The number of rotatable bonds is 2. The number of nitrogens with zero attached hydrogens (tertiary/aromatic N) is 3. The topological polar surface area (TPSA) is 79.8 Å². The van der Waals surface area contributed by atoms with Crippen LogP contribution in [0.1, 0.15) is 5.56 Å². The maximum atomic E-state index is 10.4. The van der Waals surface area contributed by atoms with Crippen LogP contribution >= 0.6 is 11.6 Å². The fourth-order valence-corrected chi connectivity index (χ4v) is 1.08. The predicted octanol–water partition coefficient (Wildman–Crippen LogP) is 1.71. The van der Waals surface area contributed by atoms with Crippen molar-refractivity contribution in [2.75, 3.05) is 0 Å². The maximum Gasteiger partial charge on any atom is 0.293 e. The Bertz CT molecular complexity index is 386. The van der Waals surface area contributed by atoms with Gasteiger partial charge in [0.2, 0.25) is 0 Å². The van der Waals surface area contributed by atoms with Crippen molar-refractivity contribution in [1.82, 2.24) is 4.98 Å². The summed E-state index contributed by atoms with van der Waals surface area (Å²) in [6, 6.07) is 1.80. The van der Waals surface area contributed by atoms with E-state index in [4.69, 9.17) is 16.9 Å². The number of aromatic nitrogens is 1. The molecule has 1 heterocycles. The van der Waals surface area contributed by atoms with E-state index >= 15 is 0 Å². The monoisotopic (exact) mass is 197 g/mol. The molecular formula is C7H4ClN3O2.